The van der Waals surface area contributed by atoms with E-state index < -0.39 is 0 Å². The van der Waals surface area contributed by atoms with E-state index in [4.69, 9.17) is 9.73 Å². The van der Waals surface area contributed by atoms with Crippen molar-refractivity contribution in [3.63, 3.8) is 0 Å². The maximum absolute atomic E-state index is 12.4. The average Bonchev–Trinajstić information content (AvgIpc) is 2.62. The second-order valence-electron chi connectivity index (χ2n) is 6.80. The summed E-state index contributed by atoms with van der Waals surface area (Å²) in [6.07, 6.45) is 15.9. The van der Waals surface area contributed by atoms with E-state index in [0.717, 1.165) is 48.3 Å². The van der Waals surface area contributed by atoms with Gasteiger partial charge >= 0.3 is 0 Å². The van der Waals surface area contributed by atoms with Crippen LogP contribution >= 0.6 is 0 Å². The highest BCUT2D eigenvalue weighted by Gasteiger charge is 2.37. The van der Waals surface area contributed by atoms with Gasteiger partial charge in [-0.15, -0.1) is 0 Å². The number of carbonyl (C=O) groups excluding carboxylic acids is 1. The Bertz CT molecular complexity index is 757. The highest BCUT2D eigenvalue weighted by Crippen LogP contribution is 2.37. The quantitative estimate of drug-likeness (QED) is 0.729. The monoisotopic (exact) mass is 321 g/mol. The fourth-order valence-electron chi connectivity index (χ4n) is 4.04. The van der Waals surface area contributed by atoms with Gasteiger partial charge in [0.2, 0.25) is 0 Å². The number of ether oxygens (including phenoxy) is 1. The highest BCUT2D eigenvalue weighted by atomic mass is 16.5. The van der Waals surface area contributed by atoms with Crippen molar-refractivity contribution in [1.82, 2.24) is 0 Å². The molecule has 2 unspecified atom stereocenters. The van der Waals surface area contributed by atoms with E-state index in [2.05, 4.69) is 44.2 Å². The van der Waals surface area contributed by atoms with Crippen molar-refractivity contribution >= 4 is 11.5 Å². The molecule has 3 heteroatoms. The van der Waals surface area contributed by atoms with Crippen LogP contribution in [-0.4, -0.2) is 23.6 Å². The maximum Gasteiger partial charge on any atom is 0.185 e. The molecule has 4 rings (SSSR count). The van der Waals surface area contributed by atoms with E-state index in [0.29, 0.717) is 5.92 Å². The molecule has 3 aliphatic carbocycles. The third kappa shape index (κ3) is 2.43. The minimum absolute atomic E-state index is 0.0924. The summed E-state index contributed by atoms with van der Waals surface area (Å²) in [4.78, 5) is 17.3. The molecule has 0 aromatic rings. The first-order chi connectivity index (χ1) is 11.7. The van der Waals surface area contributed by atoms with Gasteiger partial charge in [0.1, 0.15) is 11.8 Å². The smallest absolute Gasteiger partial charge is 0.185 e. The molecule has 0 aromatic heterocycles. The summed E-state index contributed by atoms with van der Waals surface area (Å²) in [7, 11) is 0. The molecule has 1 aliphatic heterocycles. The van der Waals surface area contributed by atoms with Gasteiger partial charge < -0.3 is 4.74 Å². The second-order valence-corrected chi connectivity index (χ2v) is 6.80. The van der Waals surface area contributed by atoms with Crippen molar-refractivity contribution < 1.29 is 9.53 Å². The van der Waals surface area contributed by atoms with Crippen molar-refractivity contribution in [3.8, 4) is 0 Å². The summed E-state index contributed by atoms with van der Waals surface area (Å²) in [5, 5.41) is 0. The van der Waals surface area contributed by atoms with Crippen molar-refractivity contribution in [2.24, 2.45) is 10.9 Å². The van der Waals surface area contributed by atoms with Crippen LogP contribution in [0, 0.1) is 5.92 Å². The molecule has 0 saturated carbocycles. The number of hydrogen-bond donors (Lipinski definition) is 0. The minimum Gasteiger partial charge on any atom is -0.482 e. The number of rotatable bonds is 3. The van der Waals surface area contributed by atoms with Crippen LogP contribution in [0.4, 0.5) is 0 Å². The Morgan fingerprint density at radius 2 is 2.00 bits per heavy atom. The second kappa shape index (κ2) is 6.04. The molecule has 0 N–H and O–H groups in total. The Kier molecular flexibility index (Phi) is 3.87. The number of hydrogen-bond acceptors (Lipinski definition) is 3. The minimum atomic E-state index is -0.151. The fraction of sp³-hybridized carbons (Fsp3) is 0.429. The van der Waals surface area contributed by atoms with E-state index in [-0.39, 0.29) is 17.9 Å². The summed E-state index contributed by atoms with van der Waals surface area (Å²) in [6, 6.07) is -0.110. The Morgan fingerprint density at radius 1 is 1.21 bits per heavy atom. The number of carbonyl (C=O) groups is 1. The lowest BCUT2D eigenvalue weighted by Crippen LogP contribution is -2.37. The Balaban J connectivity index is 1.68. The van der Waals surface area contributed by atoms with Gasteiger partial charge in [0.05, 0.1) is 5.71 Å². The molecule has 0 bridgehead atoms. The molecule has 0 amide bonds. The molecule has 2 atom stereocenters. The van der Waals surface area contributed by atoms with Crippen LogP contribution in [0.2, 0.25) is 0 Å². The van der Waals surface area contributed by atoms with Crippen molar-refractivity contribution in [3.05, 3.63) is 58.9 Å². The van der Waals surface area contributed by atoms with E-state index in [1.165, 1.54) is 5.57 Å². The molecule has 0 aromatic carbocycles. The maximum atomic E-state index is 12.4. The van der Waals surface area contributed by atoms with Crippen LogP contribution in [0.3, 0.4) is 0 Å². The molecule has 1 heterocycles. The predicted octanol–water partition coefficient (Wildman–Crippen LogP) is 4.24. The van der Waals surface area contributed by atoms with E-state index in [1.807, 2.05) is 0 Å². The molecule has 124 valence electrons. The van der Waals surface area contributed by atoms with Crippen LogP contribution in [0.15, 0.2) is 63.9 Å². The molecule has 0 fully saturated rings. The summed E-state index contributed by atoms with van der Waals surface area (Å²) in [6.45, 7) is 4.44. The van der Waals surface area contributed by atoms with Gasteiger partial charge in [0, 0.05) is 11.6 Å². The summed E-state index contributed by atoms with van der Waals surface area (Å²) in [5.74, 6) is 1.37. The molecule has 3 nitrogen and oxygen atoms in total. The van der Waals surface area contributed by atoms with Crippen LogP contribution in [0.1, 0.15) is 39.5 Å². The lowest BCUT2D eigenvalue weighted by Gasteiger charge is -2.35. The van der Waals surface area contributed by atoms with E-state index in [9.17, 15) is 4.79 Å². The van der Waals surface area contributed by atoms with Gasteiger partial charge in [-0.1, -0.05) is 32.1 Å². The number of nitrogens with zero attached hydrogens (tertiary/aromatic N) is 1. The molecule has 0 saturated heterocycles. The lowest BCUT2D eigenvalue weighted by atomic mass is 9.83. The predicted molar refractivity (Wildman–Crippen MR) is 95.9 cm³/mol. The number of aliphatic imine (C=N–C) groups is 1. The van der Waals surface area contributed by atoms with Gasteiger partial charge in [-0.25, -0.2) is 0 Å². The third-order valence-electron chi connectivity index (χ3n) is 5.46. The summed E-state index contributed by atoms with van der Waals surface area (Å²) < 4.78 is 6.21. The Morgan fingerprint density at radius 3 is 2.79 bits per heavy atom. The van der Waals surface area contributed by atoms with Crippen molar-refractivity contribution in [2.45, 2.75) is 51.7 Å². The summed E-state index contributed by atoms with van der Waals surface area (Å²) in [5.41, 5.74) is 4.33. The molecular formula is C21H23NO2. The normalized spacial score (nSPS) is 27.8. The number of ketones is 1. The lowest BCUT2D eigenvalue weighted by molar-refractivity contribution is -0.111. The first-order valence-electron chi connectivity index (χ1n) is 8.98. The van der Waals surface area contributed by atoms with Crippen LogP contribution in [0.5, 0.6) is 0 Å². The zero-order valence-corrected chi connectivity index (χ0v) is 14.3. The number of fused-ring (bicyclic) bond motifs is 3. The largest absolute Gasteiger partial charge is 0.482 e. The zero-order chi connectivity index (χ0) is 16.7. The first-order valence-corrected chi connectivity index (χ1v) is 8.98. The van der Waals surface area contributed by atoms with Crippen molar-refractivity contribution in [1.29, 1.82) is 0 Å². The SMILES string of the molecule is CCC(CC)C1=CC2OC3=CC(=O)C4=C(CC=CC4)C3N=C2C=C1. The third-order valence-corrected chi connectivity index (χ3v) is 5.46. The van der Waals surface area contributed by atoms with Crippen LogP contribution in [-0.2, 0) is 9.53 Å². The summed E-state index contributed by atoms with van der Waals surface area (Å²) >= 11 is 0. The van der Waals surface area contributed by atoms with E-state index >= 15 is 0 Å². The zero-order valence-electron chi connectivity index (χ0n) is 14.3. The van der Waals surface area contributed by atoms with E-state index in [1.54, 1.807) is 6.08 Å². The standard InChI is InChI=1S/C21H23NO2/c1-3-13(4-2)14-9-10-17-19(11-14)24-20-12-18(23)15-7-5-6-8-16(15)21(20)22-17/h5-6,9-13,19,21H,3-4,7-8H2,1-2H3. The number of allylic oxidation sites excluding steroid dienone is 6. The van der Waals surface area contributed by atoms with Gasteiger partial charge in [0.25, 0.3) is 0 Å². The van der Waals surface area contributed by atoms with Crippen LogP contribution < -0.4 is 0 Å². The highest BCUT2D eigenvalue weighted by molar-refractivity contribution is 6.08. The van der Waals surface area contributed by atoms with Gasteiger partial charge in [-0.3, -0.25) is 9.79 Å². The molecule has 24 heavy (non-hydrogen) atoms. The van der Waals surface area contributed by atoms with Crippen molar-refractivity contribution in [2.75, 3.05) is 0 Å². The molecule has 0 radical (unpaired) electrons. The van der Waals surface area contributed by atoms with Gasteiger partial charge in [0.15, 0.2) is 11.9 Å². The topological polar surface area (TPSA) is 38.7 Å². The average molecular weight is 321 g/mol. The van der Waals surface area contributed by atoms with Crippen LogP contribution in [0.25, 0.3) is 0 Å². The Hall–Kier alpha value is -2.16. The van der Waals surface area contributed by atoms with Gasteiger partial charge in [-0.2, -0.15) is 0 Å². The molecule has 4 aliphatic rings. The molecular weight excluding hydrogens is 298 g/mol. The Labute approximate surface area is 143 Å². The molecule has 0 spiro atoms. The fourth-order valence-corrected chi connectivity index (χ4v) is 4.04. The first kappa shape index (κ1) is 15.4. The van der Waals surface area contributed by atoms with Gasteiger partial charge in [-0.05, 0) is 54.9 Å².